The first kappa shape index (κ1) is 12.3. The van der Waals surface area contributed by atoms with Gasteiger partial charge in [-0.1, -0.05) is 6.42 Å². The van der Waals surface area contributed by atoms with Crippen LogP contribution in [0.1, 0.15) is 26.2 Å². The van der Waals surface area contributed by atoms with Crippen molar-refractivity contribution in [1.29, 1.82) is 0 Å². The minimum Gasteiger partial charge on any atom is -0.312 e. The molecular weight excluding hydrogens is 192 g/mol. The predicted octanol–water partition coefficient (Wildman–Crippen LogP) is 1.81. The molecule has 0 spiro atoms. The SMILES string of the molecule is CSCC(C)NCC1CCCCN1C. The predicted molar refractivity (Wildman–Crippen MR) is 66.1 cm³/mol. The summed E-state index contributed by atoms with van der Waals surface area (Å²) >= 11 is 1.92. The summed E-state index contributed by atoms with van der Waals surface area (Å²) in [5, 5.41) is 3.62. The molecule has 0 aromatic rings. The number of piperidine rings is 1. The van der Waals surface area contributed by atoms with E-state index in [4.69, 9.17) is 0 Å². The van der Waals surface area contributed by atoms with Gasteiger partial charge in [-0.3, -0.25) is 0 Å². The number of likely N-dealkylation sites (tertiary alicyclic amines) is 1. The highest BCUT2D eigenvalue weighted by molar-refractivity contribution is 7.98. The van der Waals surface area contributed by atoms with E-state index >= 15 is 0 Å². The van der Waals surface area contributed by atoms with E-state index in [1.54, 1.807) is 0 Å². The summed E-state index contributed by atoms with van der Waals surface area (Å²) in [6.45, 7) is 4.72. The fourth-order valence-corrected chi connectivity index (χ4v) is 2.67. The minimum absolute atomic E-state index is 0.653. The number of thioether (sulfide) groups is 1. The molecule has 0 aromatic carbocycles. The lowest BCUT2D eigenvalue weighted by Gasteiger charge is -2.33. The van der Waals surface area contributed by atoms with E-state index in [0.29, 0.717) is 6.04 Å². The zero-order chi connectivity index (χ0) is 10.4. The van der Waals surface area contributed by atoms with E-state index in [1.165, 1.54) is 31.6 Å². The Kier molecular flexibility index (Phi) is 5.90. The van der Waals surface area contributed by atoms with E-state index in [0.717, 1.165) is 12.6 Å². The van der Waals surface area contributed by atoms with Gasteiger partial charge in [0.2, 0.25) is 0 Å². The average Bonchev–Trinajstić information content (AvgIpc) is 2.17. The molecule has 1 rings (SSSR count). The molecule has 2 nitrogen and oxygen atoms in total. The summed E-state index contributed by atoms with van der Waals surface area (Å²) in [7, 11) is 2.25. The summed E-state index contributed by atoms with van der Waals surface area (Å²) < 4.78 is 0. The Balaban J connectivity index is 2.15. The van der Waals surface area contributed by atoms with Crippen molar-refractivity contribution in [3.8, 4) is 0 Å². The number of hydrogen-bond acceptors (Lipinski definition) is 3. The first-order valence-corrected chi connectivity index (χ1v) is 7.06. The van der Waals surface area contributed by atoms with Crippen LogP contribution in [0.2, 0.25) is 0 Å². The molecule has 84 valence electrons. The van der Waals surface area contributed by atoms with Gasteiger partial charge in [-0.15, -0.1) is 0 Å². The molecule has 14 heavy (non-hydrogen) atoms. The molecule has 0 saturated carbocycles. The van der Waals surface area contributed by atoms with Gasteiger partial charge in [0.05, 0.1) is 0 Å². The van der Waals surface area contributed by atoms with E-state index in [9.17, 15) is 0 Å². The highest BCUT2D eigenvalue weighted by Gasteiger charge is 2.18. The maximum atomic E-state index is 3.62. The third-order valence-electron chi connectivity index (χ3n) is 3.04. The lowest BCUT2D eigenvalue weighted by Crippen LogP contribution is -2.45. The first-order chi connectivity index (χ1) is 6.74. The van der Waals surface area contributed by atoms with Gasteiger partial charge in [-0.05, 0) is 39.6 Å². The maximum absolute atomic E-state index is 3.62. The minimum atomic E-state index is 0.653. The summed E-state index contributed by atoms with van der Waals surface area (Å²) in [5.74, 6) is 1.22. The van der Waals surface area contributed by atoms with E-state index < -0.39 is 0 Å². The zero-order valence-electron chi connectivity index (χ0n) is 9.75. The van der Waals surface area contributed by atoms with Crippen LogP contribution in [0.4, 0.5) is 0 Å². The van der Waals surface area contributed by atoms with Crippen LogP contribution in [0, 0.1) is 0 Å². The largest absolute Gasteiger partial charge is 0.312 e. The molecule has 0 bridgehead atoms. The van der Waals surface area contributed by atoms with Crippen molar-refractivity contribution < 1.29 is 0 Å². The van der Waals surface area contributed by atoms with Crippen LogP contribution >= 0.6 is 11.8 Å². The molecule has 0 amide bonds. The Morgan fingerprint density at radius 2 is 2.29 bits per heavy atom. The van der Waals surface area contributed by atoms with Gasteiger partial charge in [0.1, 0.15) is 0 Å². The first-order valence-electron chi connectivity index (χ1n) is 5.66. The normalized spacial score (nSPS) is 26.4. The summed E-state index contributed by atoms with van der Waals surface area (Å²) in [6.07, 6.45) is 6.33. The lowest BCUT2D eigenvalue weighted by atomic mass is 10.0. The van der Waals surface area contributed by atoms with Crippen molar-refractivity contribution >= 4 is 11.8 Å². The van der Waals surface area contributed by atoms with Crippen molar-refractivity contribution in [3.63, 3.8) is 0 Å². The number of hydrogen-bond donors (Lipinski definition) is 1. The van der Waals surface area contributed by atoms with Crippen molar-refractivity contribution in [1.82, 2.24) is 10.2 Å². The molecule has 3 heteroatoms. The van der Waals surface area contributed by atoms with Crippen molar-refractivity contribution in [3.05, 3.63) is 0 Å². The van der Waals surface area contributed by atoms with Gasteiger partial charge in [0, 0.05) is 24.4 Å². The lowest BCUT2D eigenvalue weighted by molar-refractivity contribution is 0.179. The van der Waals surface area contributed by atoms with Gasteiger partial charge >= 0.3 is 0 Å². The molecule has 1 heterocycles. The molecule has 1 saturated heterocycles. The molecule has 2 atom stereocenters. The number of likely N-dealkylation sites (N-methyl/N-ethyl adjacent to an activating group) is 1. The maximum Gasteiger partial charge on any atom is 0.0217 e. The smallest absolute Gasteiger partial charge is 0.0217 e. The molecule has 1 aliphatic heterocycles. The number of rotatable bonds is 5. The second-order valence-electron chi connectivity index (χ2n) is 4.39. The van der Waals surface area contributed by atoms with E-state index in [1.807, 2.05) is 11.8 Å². The number of nitrogens with one attached hydrogen (secondary N) is 1. The van der Waals surface area contributed by atoms with Gasteiger partial charge in [-0.25, -0.2) is 0 Å². The molecule has 2 unspecified atom stereocenters. The molecule has 0 radical (unpaired) electrons. The Morgan fingerprint density at radius 1 is 1.50 bits per heavy atom. The highest BCUT2D eigenvalue weighted by Crippen LogP contribution is 2.14. The second kappa shape index (κ2) is 6.70. The van der Waals surface area contributed by atoms with Crippen LogP contribution in [0.3, 0.4) is 0 Å². The molecular formula is C11H24N2S. The van der Waals surface area contributed by atoms with Crippen LogP contribution in [0.5, 0.6) is 0 Å². The van der Waals surface area contributed by atoms with Crippen molar-refractivity contribution in [2.75, 3.05) is 32.1 Å². The van der Waals surface area contributed by atoms with Crippen LogP contribution in [0.15, 0.2) is 0 Å². The van der Waals surface area contributed by atoms with E-state index in [-0.39, 0.29) is 0 Å². The van der Waals surface area contributed by atoms with Crippen LogP contribution in [0.25, 0.3) is 0 Å². The average molecular weight is 216 g/mol. The van der Waals surface area contributed by atoms with Crippen LogP contribution in [-0.4, -0.2) is 49.1 Å². The van der Waals surface area contributed by atoms with Crippen LogP contribution in [-0.2, 0) is 0 Å². The Bertz CT molecular complexity index is 152. The molecule has 1 aliphatic rings. The second-order valence-corrected chi connectivity index (χ2v) is 5.31. The highest BCUT2D eigenvalue weighted by atomic mass is 32.2. The number of nitrogens with zero attached hydrogens (tertiary/aromatic N) is 1. The fourth-order valence-electron chi connectivity index (χ4n) is 2.05. The topological polar surface area (TPSA) is 15.3 Å². The van der Waals surface area contributed by atoms with Crippen molar-refractivity contribution in [2.45, 2.75) is 38.3 Å². The summed E-state index contributed by atoms with van der Waals surface area (Å²) in [4.78, 5) is 2.50. The molecule has 1 N–H and O–H groups in total. The summed E-state index contributed by atoms with van der Waals surface area (Å²) in [6, 6.07) is 1.42. The van der Waals surface area contributed by atoms with Gasteiger partial charge in [-0.2, -0.15) is 11.8 Å². The summed E-state index contributed by atoms with van der Waals surface area (Å²) in [5.41, 5.74) is 0. The standard InChI is InChI=1S/C11H24N2S/c1-10(9-14-3)12-8-11-6-4-5-7-13(11)2/h10-12H,4-9H2,1-3H3. The zero-order valence-corrected chi connectivity index (χ0v) is 10.6. The third-order valence-corrected chi connectivity index (χ3v) is 3.87. The Hall–Kier alpha value is 0.270. The third kappa shape index (κ3) is 4.20. The van der Waals surface area contributed by atoms with Crippen molar-refractivity contribution in [2.24, 2.45) is 0 Å². The molecule has 1 fully saturated rings. The molecule has 0 aromatic heterocycles. The van der Waals surface area contributed by atoms with Crippen LogP contribution < -0.4 is 5.32 Å². The quantitative estimate of drug-likeness (QED) is 0.754. The fraction of sp³-hybridized carbons (Fsp3) is 1.00. The van der Waals surface area contributed by atoms with Gasteiger partial charge in [0.25, 0.3) is 0 Å². The Labute approximate surface area is 92.8 Å². The van der Waals surface area contributed by atoms with Gasteiger partial charge < -0.3 is 10.2 Å². The van der Waals surface area contributed by atoms with Gasteiger partial charge in [0.15, 0.2) is 0 Å². The monoisotopic (exact) mass is 216 g/mol. The Morgan fingerprint density at radius 3 is 2.93 bits per heavy atom. The van der Waals surface area contributed by atoms with E-state index in [2.05, 4.69) is 30.4 Å². The molecule has 0 aliphatic carbocycles.